The number of amides is 2. The molecule has 1 aromatic heterocycles. The summed E-state index contributed by atoms with van der Waals surface area (Å²) in [7, 11) is 0. The molecule has 0 aliphatic carbocycles. The number of nitrogens with one attached hydrogen (secondary N) is 1. The molecule has 0 aliphatic heterocycles. The summed E-state index contributed by atoms with van der Waals surface area (Å²) in [4.78, 5) is 29.6. The molecule has 0 saturated carbocycles. The Morgan fingerprint density at radius 1 is 1.17 bits per heavy atom. The van der Waals surface area contributed by atoms with Gasteiger partial charge in [-0.05, 0) is 24.6 Å². The lowest BCUT2D eigenvalue weighted by Gasteiger charge is -2.21. The Labute approximate surface area is 142 Å². The maximum Gasteiger partial charge on any atom is 0.222 e. The first-order valence-corrected chi connectivity index (χ1v) is 8.02. The van der Waals surface area contributed by atoms with Crippen LogP contribution in [0.3, 0.4) is 0 Å². The first-order chi connectivity index (χ1) is 11.5. The first-order valence-electron chi connectivity index (χ1n) is 8.02. The Morgan fingerprint density at radius 2 is 2.00 bits per heavy atom. The highest BCUT2D eigenvalue weighted by atomic mass is 16.2. The zero-order chi connectivity index (χ0) is 17.4. The van der Waals surface area contributed by atoms with Gasteiger partial charge in [-0.1, -0.05) is 35.9 Å². The van der Waals surface area contributed by atoms with Crippen molar-refractivity contribution in [2.45, 2.75) is 33.4 Å². The van der Waals surface area contributed by atoms with Gasteiger partial charge in [0.2, 0.25) is 11.8 Å². The van der Waals surface area contributed by atoms with Gasteiger partial charge in [0.05, 0.1) is 12.2 Å². The minimum absolute atomic E-state index is 0.0333. The molecule has 1 aromatic carbocycles. The van der Waals surface area contributed by atoms with E-state index in [1.807, 2.05) is 43.3 Å². The summed E-state index contributed by atoms with van der Waals surface area (Å²) in [6.07, 6.45) is 1.97. The predicted molar refractivity (Wildman–Crippen MR) is 93.0 cm³/mol. The Bertz CT molecular complexity index is 686. The quantitative estimate of drug-likeness (QED) is 0.850. The van der Waals surface area contributed by atoms with Gasteiger partial charge in [0.1, 0.15) is 0 Å². The van der Waals surface area contributed by atoms with Crippen LogP contribution in [-0.4, -0.2) is 28.2 Å². The molecular weight excluding hydrogens is 302 g/mol. The molecule has 5 nitrogen and oxygen atoms in total. The lowest BCUT2D eigenvalue weighted by Crippen LogP contribution is -2.33. The van der Waals surface area contributed by atoms with Gasteiger partial charge in [0.25, 0.3) is 0 Å². The largest absolute Gasteiger partial charge is 0.350 e. The molecule has 0 unspecified atom stereocenters. The summed E-state index contributed by atoms with van der Waals surface area (Å²) in [5.74, 6) is -0.120. The van der Waals surface area contributed by atoms with Crippen LogP contribution < -0.4 is 5.32 Å². The Hall–Kier alpha value is -2.69. The number of carbonyl (C=O) groups is 2. The standard InChI is InChI=1S/C19H23N3O2/c1-15-6-5-7-17(12-15)14-22(16(2)23)11-9-19(24)21-13-18-8-3-4-10-20-18/h3-8,10,12H,9,11,13-14H2,1-2H3,(H,21,24). The molecule has 0 atom stereocenters. The number of hydrogen-bond donors (Lipinski definition) is 1. The lowest BCUT2D eigenvalue weighted by molar-refractivity contribution is -0.130. The van der Waals surface area contributed by atoms with Crippen LogP contribution >= 0.6 is 0 Å². The molecule has 5 heteroatoms. The van der Waals surface area contributed by atoms with Gasteiger partial charge in [-0.2, -0.15) is 0 Å². The second kappa shape index (κ2) is 8.82. The van der Waals surface area contributed by atoms with Crippen LogP contribution in [0.4, 0.5) is 0 Å². The number of pyridine rings is 1. The number of hydrogen-bond acceptors (Lipinski definition) is 3. The van der Waals surface area contributed by atoms with Crippen molar-refractivity contribution < 1.29 is 9.59 Å². The summed E-state index contributed by atoms with van der Waals surface area (Å²) in [5, 5.41) is 2.83. The van der Waals surface area contributed by atoms with E-state index >= 15 is 0 Å². The summed E-state index contributed by atoms with van der Waals surface area (Å²) in [6.45, 7) is 4.87. The normalized spacial score (nSPS) is 10.2. The van der Waals surface area contributed by atoms with E-state index in [2.05, 4.69) is 16.4 Å². The molecule has 0 bridgehead atoms. The maximum absolute atomic E-state index is 12.0. The zero-order valence-electron chi connectivity index (χ0n) is 14.2. The number of aromatic nitrogens is 1. The van der Waals surface area contributed by atoms with Crippen molar-refractivity contribution >= 4 is 11.8 Å². The number of benzene rings is 1. The number of rotatable bonds is 7. The van der Waals surface area contributed by atoms with Crippen molar-refractivity contribution in [1.29, 1.82) is 0 Å². The van der Waals surface area contributed by atoms with Crippen LogP contribution in [0.5, 0.6) is 0 Å². The number of aryl methyl sites for hydroxylation is 1. The summed E-state index contributed by atoms with van der Waals surface area (Å²) < 4.78 is 0. The summed E-state index contributed by atoms with van der Waals surface area (Å²) in [6, 6.07) is 13.6. The maximum atomic E-state index is 12.0. The molecule has 0 saturated heterocycles. The number of nitrogens with zero attached hydrogens (tertiary/aromatic N) is 2. The van der Waals surface area contributed by atoms with E-state index in [1.54, 1.807) is 11.1 Å². The minimum atomic E-state index is -0.0869. The fraction of sp³-hybridized carbons (Fsp3) is 0.316. The van der Waals surface area contributed by atoms with Crippen LogP contribution in [0.25, 0.3) is 0 Å². The fourth-order valence-corrected chi connectivity index (χ4v) is 2.40. The van der Waals surface area contributed by atoms with Crippen LogP contribution in [0, 0.1) is 6.92 Å². The van der Waals surface area contributed by atoms with Gasteiger partial charge >= 0.3 is 0 Å². The van der Waals surface area contributed by atoms with Gasteiger partial charge < -0.3 is 10.2 Å². The molecule has 24 heavy (non-hydrogen) atoms. The third-order valence-corrected chi connectivity index (χ3v) is 3.70. The van der Waals surface area contributed by atoms with Crippen molar-refractivity contribution in [3.63, 3.8) is 0 Å². The molecule has 126 valence electrons. The van der Waals surface area contributed by atoms with Crippen molar-refractivity contribution in [2.24, 2.45) is 0 Å². The van der Waals surface area contributed by atoms with E-state index in [1.165, 1.54) is 6.92 Å². The fourth-order valence-electron chi connectivity index (χ4n) is 2.40. The van der Waals surface area contributed by atoms with Gasteiger partial charge in [-0.3, -0.25) is 14.6 Å². The topological polar surface area (TPSA) is 62.3 Å². The average molecular weight is 325 g/mol. The van der Waals surface area contributed by atoms with Gasteiger partial charge in [0, 0.05) is 32.6 Å². The van der Waals surface area contributed by atoms with E-state index in [-0.39, 0.29) is 18.2 Å². The van der Waals surface area contributed by atoms with Crippen molar-refractivity contribution in [2.75, 3.05) is 6.54 Å². The molecule has 2 aromatic rings. The van der Waals surface area contributed by atoms with Crippen molar-refractivity contribution in [3.05, 3.63) is 65.5 Å². The highest BCUT2D eigenvalue weighted by Gasteiger charge is 2.12. The van der Waals surface area contributed by atoms with E-state index in [4.69, 9.17) is 0 Å². The lowest BCUT2D eigenvalue weighted by atomic mass is 10.1. The SMILES string of the molecule is CC(=O)N(CCC(=O)NCc1ccccn1)Cc1cccc(C)c1. The second-order valence-electron chi connectivity index (χ2n) is 5.78. The summed E-state index contributed by atoms with van der Waals surface area (Å²) >= 11 is 0. The van der Waals surface area contributed by atoms with E-state index in [9.17, 15) is 9.59 Å². The monoisotopic (exact) mass is 325 g/mol. The van der Waals surface area contributed by atoms with Crippen LogP contribution in [0.2, 0.25) is 0 Å². The smallest absolute Gasteiger partial charge is 0.222 e. The number of carbonyl (C=O) groups excluding carboxylic acids is 2. The van der Waals surface area contributed by atoms with Crippen molar-refractivity contribution in [3.8, 4) is 0 Å². The predicted octanol–water partition coefficient (Wildman–Crippen LogP) is 2.45. The Balaban J connectivity index is 1.82. The minimum Gasteiger partial charge on any atom is -0.350 e. The highest BCUT2D eigenvalue weighted by molar-refractivity contribution is 5.78. The molecule has 1 N–H and O–H groups in total. The first kappa shape index (κ1) is 17.7. The molecule has 1 heterocycles. The van der Waals surface area contributed by atoms with Crippen LogP contribution in [0.15, 0.2) is 48.7 Å². The molecule has 2 amide bonds. The molecule has 0 radical (unpaired) electrons. The van der Waals surface area contributed by atoms with Crippen molar-refractivity contribution in [1.82, 2.24) is 15.2 Å². The third kappa shape index (κ3) is 5.83. The van der Waals surface area contributed by atoms with E-state index in [0.29, 0.717) is 19.6 Å². The molecular formula is C19H23N3O2. The van der Waals surface area contributed by atoms with Gasteiger partial charge in [-0.15, -0.1) is 0 Å². The van der Waals surface area contributed by atoms with Crippen LogP contribution in [-0.2, 0) is 22.7 Å². The Kier molecular flexibility index (Phi) is 6.49. The average Bonchev–Trinajstić information content (AvgIpc) is 2.57. The second-order valence-corrected chi connectivity index (χ2v) is 5.78. The van der Waals surface area contributed by atoms with E-state index in [0.717, 1.165) is 16.8 Å². The Morgan fingerprint density at radius 3 is 2.67 bits per heavy atom. The molecule has 2 rings (SSSR count). The van der Waals surface area contributed by atoms with E-state index < -0.39 is 0 Å². The molecule has 0 spiro atoms. The van der Waals surface area contributed by atoms with Gasteiger partial charge in [0.15, 0.2) is 0 Å². The molecule has 0 fully saturated rings. The van der Waals surface area contributed by atoms with Crippen LogP contribution in [0.1, 0.15) is 30.2 Å². The molecule has 0 aliphatic rings. The zero-order valence-corrected chi connectivity index (χ0v) is 14.2. The highest BCUT2D eigenvalue weighted by Crippen LogP contribution is 2.08. The summed E-state index contributed by atoms with van der Waals surface area (Å²) in [5.41, 5.74) is 3.04. The third-order valence-electron chi connectivity index (χ3n) is 3.70. The van der Waals surface area contributed by atoms with Gasteiger partial charge in [-0.25, -0.2) is 0 Å².